The summed E-state index contributed by atoms with van der Waals surface area (Å²) in [7, 11) is 3.32. The molecule has 0 aromatic carbocycles. The largest absolute Gasteiger partial charge is 0.489 e. The van der Waals surface area contributed by atoms with Crippen LogP contribution in [0.2, 0.25) is 0 Å². The first-order valence-electron chi connectivity index (χ1n) is 9.99. The lowest BCUT2D eigenvalue weighted by Crippen LogP contribution is -2.16. The van der Waals surface area contributed by atoms with Gasteiger partial charge in [-0.25, -0.2) is 0 Å². The molecule has 3 heterocycles. The number of amides is 1. The van der Waals surface area contributed by atoms with Crippen LogP contribution < -0.4 is 10.1 Å². The second-order valence-corrected chi connectivity index (χ2v) is 7.63. The number of hydrogen-bond donors (Lipinski definition) is 2. The topological polar surface area (TPSA) is 107 Å². The van der Waals surface area contributed by atoms with Crippen molar-refractivity contribution in [3.05, 3.63) is 53.2 Å². The number of pyridine rings is 1. The van der Waals surface area contributed by atoms with Crippen LogP contribution in [0.5, 0.6) is 5.75 Å². The van der Waals surface area contributed by atoms with Crippen molar-refractivity contribution in [2.45, 2.75) is 44.8 Å². The van der Waals surface area contributed by atoms with Gasteiger partial charge in [-0.05, 0) is 43.9 Å². The van der Waals surface area contributed by atoms with Gasteiger partial charge in [-0.1, -0.05) is 0 Å². The Morgan fingerprint density at radius 2 is 2.23 bits per heavy atom. The predicted octanol–water partition coefficient (Wildman–Crippen LogP) is 2.96. The Morgan fingerprint density at radius 1 is 1.37 bits per heavy atom. The number of nitrogens with one attached hydrogen (secondary N) is 2. The molecule has 3 aromatic heterocycles. The highest BCUT2D eigenvalue weighted by Gasteiger charge is 2.29. The van der Waals surface area contributed by atoms with E-state index in [4.69, 9.17) is 9.47 Å². The molecule has 2 N–H and O–H groups in total. The van der Waals surface area contributed by atoms with E-state index in [1.165, 1.54) is 4.68 Å². The molecule has 1 fully saturated rings. The summed E-state index contributed by atoms with van der Waals surface area (Å²) < 4.78 is 12.7. The number of nitrogens with zero attached hydrogens (tertiary/aromatic N) is 4. The molecule has 2 atom stereocenters. The molecular weight excluding hydrogens is 384 g/mol. The van der Waals surface area contributed by atoms with Crippen LogP contribution in [-0.2, 0) is 18.4 Å². The third kappa shape index (κ3) is 4.35. The molecule has 9 nitrogen and oxygen atoms in total. The molecule has 0 spiro atoms. The molecule has 1 aliphatic carbocycles. The first-order chi connectivity index (χ1) is 14.5. The number of H-pyrrole nitrogens is 1. The Labute approximate surface area is 174 Å². The Balaban J connectivity index is 1.36. The van der Waals surface area contributed by atoms with Crippen LogP contribution in [0.15, 0.2) is 30.6 Å². The number of rotatable bonds is 7. The zero-order valence-electron chi connectivity index (χ0n) is 17.4. The zero-order valence-corrected chi connectivity index (χ0v) is 17.4. The molecule has 1 aliphatic rings. The van der Waals surface area contributed by atoms with Gasteiger partial charge in [0.15, 0.2) is 5.82 Å². The van der Waals surface area contributed by atoms with Gasteiger partial charge in [-0.3, -0.25) is 19.6 Å². The van der Waals surface area contributed by atoms with Gasteiger partial charge < -0.3 is 14.8 Å². The quantitative estimate of drug-likeness (QED) is 0.620. The van der Waals surface area contributed by atoms with Crippen molar-refractivity contribution >= 4 is 11.7 Å². The molecule has 0 radical (unpaired) electrons. The van der Waals surface area contributed by atoms with Gasteiger partial charge in [0.25, 0.3) is 5.91 Å². The number of aromatic amines is 1. The number of methoxy groups -OCH3 is 1. The molecule has 0 unspecified atom stereocenters. The highest BCUT2D eigenvalue weighted by Crippen LogP contribution is 2.36. The van der Waals surface area contributed by atoms with E-state index >= 15 is 0 Å². The SMILES string of the molecule is COCc1cc(C(=O)Nc2cc([C@@H]3CC[C@H](Oc4cnccc4C)C3)[nH]n2)n(C)n1. The molecule has 9 heteroatoms. The van der Waals surface area contributed by atoms with Gasteiger partial charge in [0.2, 0.25) is 0 Å². The van der Waals surface area contributed by atoms with Crippen molar-refractivity contribution in [2.75, 3.05) is 12.4 Å². The van der Waals surface area contributed by atoms with E-state index in [0.29, 0.717) is 29.7 Å². The maximum atomic E-state index is 12.6. The third-order valence-corrected chi connectivity index (χ3v) is 5.40. The van der Waals surface area contributed by atoms with E-state index in [1.807, 2.05) is 19.1 Å². The number of carbonyl (C=O) groups excluding carboxylic acids is 1. The standard InChI is InChI=1S/C21H26N6O3/c1-13-6-7-22-11-19(13)30-16-5-4-14(8-16)17-10-20(25-24-17)23-21(28)18-9-15(12-29-3)26-27(18)2/h6-7,9-11,14,16H,4-5,8,12H2,1-3H3,(H2,23,24,25,28)/t14-,16+/m1/s1. The maximum Gasteiger partial charge on any atom is 0.275 e. The minimum Gasteiger partial charge on any atom is -0.489 e. The molecule has 0 aliphatic heterocycles. The molecular formula is C21H26N6O3. The second kappa shape index (κ2) is 8.66. The summed E-state index contributed by atoms with van der Waals surface area (Å²) in [4.78, 5) is 16.7. The first kappa shape index (κ1) is 20.1. The van der Waals surface area contributed by atoms with Crippen molar-refractivity contribution in [3.63, 3.8) is 0 Å². The average molecular weight is 410 g/mol. The minimum atomic E-state index is -0.259. The van der Waals surface area contributed by atoms with Crippen LogP contribution in [0, 0.1) is 6.92 Å². The van der Waals surface area contributed by atoms with Gasteiger partial charge in [-0.2, -0.15) is 10.2 Å². The van der Waals surface area contributed by atoms with Crippen LogP contribution in [0.3, 0.4) is 0 Å². The lowest BCUT2D eigenvalue weighted by Gasteiger charge is -2.15. The number of anilines is 1. The van der Waals surface area contributed by atoms with Gasteiger partial charge in [-0.15, -0.1) is 0 Å². The van der Waals surface area contributed by atoms with Crippen molar-refractivity contribution < 1.29 is 14.3 Å². The maximum absolute atomic E-state index is 12.6. The van der Waals surface area contributed by atoms with E-state index in [-0.39, 0.29) is 12.0 Å². The van der Waals surface area contributed by atoms with Gasteiger partial charge >= 0.3 is 0 Å². The Morgan fingerprint density at radius 3 is 3.03 bits per heavy atom. The molecule has 1 amide bonds. The lowest BCUT2D eigenvalue weighted by molar-refractivity contribution is 0.101. The Hall–Kier alpha value is -3.20. The molecule has 158 valence electrons. The van der Waals surface area contributed by atoms with Gasteiger partial charge in [0.05, 0.1) is 24.6 Å². The monoisotopic (exact) mass is 410 g/mol. The van der Waals surface area contributed by atoms with E-state index in [1.54, 1.807) is 32.6 Å². The summed E-state index contributed by atoms with van der Waals surface area (Å²) >= 11 is 0. The molecule has 0 bridgehead atoms. The van der Waals surface area contributed by atoms with Crippen LogP contribution in [0.4, 0.5) is 5.82 Å². The lowest BCUT2D eigenvalue weighted by atomic mass is 10.0. The zero-order chi connectivity index (χ0) is 21.1. The molecule has 1 saturated carbocycles. The van der Waals surface area contributed by atoms with E-state index < -0.39 is 0 Å². The Kier molecular flexibility index (Phi) is 5.80. The number of hydrogen-bond acceptors (Lipinski definition) is 6. The summed E-state index contributed by atoms with van der Waals surface area (Å²) in [5, 5.41) is 14.4. The van der Waals surface area contributed by atoms with Gasteiger partial charge in [0.1, 0.15) is 11.4 Å². The first-order valence-corrected chi connectivity index (χ1v) is 9.99. The average Bonchev–Trinajstić information content (AvgIpc) is 3.44. The van der Waals surface area contributed by atoms with E-state index in [0.717, 1.165) is 36.3 Å². The number of aryl methyl sites for hydroxylation is 2. The van der Waals surface area contributed by atoms with Crippen LogP contribution in [0.25, 0.3) is 0 Å². The summed E-state index contributed by atoms with van der Waals surface area (Å²) in [5.41, 5.74) is 3.25. The fraction of sp³-hybridized carbons (Fsp3) is 0.429. The number of ether oxygens (including phenoxy) is 2. The highest BCUT2D eigenvalue weighted by atomic mass is 16.5. The molecule has 4 rings (SSSR count). The smallest absolute Gasteiger partial charge is 0.275 e. The summed E-state index contributed by atoms with van der Waals surface area (Å²) in [6.07, 6.45) is 6.55. The summed E-state index contributed by atoms with van der Waals surface area (Å²) in [6.45, 7) is 2.38. The molecule has 3 aromatic rings. The normalized spacial score (nSPS) is 18.5. The highest BCUT2D eigenvalue weighted by molar-refractivity contribution is 6.02. The van der Waals surface area contributed by atoms with Crippen LogP contribution in [-0.4, -0.2) is 44.1 Å². The van der Waals surface area contributed by atoms with Crippen molar-refractivity contribution in [1.29, 1.82) is 0 Å². The van der Waals surface area contributed by atoms with Crippen molar-refractivity contribution in [3.8, 4) is 5.75 Å². The fourth-order valence-corrected chi connectivity index (χ4v) is 3.83. The third-order valence-electron chi connectivity index (χ3n) is 5.40. The number of carbonyl (C=O) groups is 1. The summed E-state index contributed by atoms with van der Waals surface area (Å²) in [5.74, 6) is 1.39. The van der Waals surface area contributed by atoms with E-state index in [9.17, 15) is 4.79 Å². The Bertz CT molecular complexity index is 1030. The molecule has 0 saturated heterocycles. The van der Waals surface area contributed by atoms with Crippen LogP contribution in [0.1, 0.15) is 52.6 Å². The van der Waals surface area contributed by atoms with Crippen molar-refractivity contribution in [2.24, 2.45) is 7.05 Å². The summed E-state index contributed by atoms with van der Waals surface area (Å²) in [6, 6.07) is 5.56. The fourth-order valence-electron chi connectivity index (χ4n) is 3.83. The minimum absolute atomic E-state index is 0.146. The second-order valence-electron chi connectivity index (χ2n) is 7.63. The van der Waals surface area contributed by atoms with Gasteiger partial charge in [0, 0.05) is 38.0 Å². The van der Waals surface area contributed by atoms with Crippen molar-refractivity contribution in [1.82, 2.24) is 25.0 Å². The van der Waals surface area contributed by atoms with E-state index in [2.05, 4.69) is 25.6 Å². The molecule has 30 heavy (non-hydrogen) atoms. The van der Waals surface area contributed by atoms with Crippen LogP contribution >= 0.6 is 0 Å². The predicted molar refractivity (Wildman–Crippen MR) is 110 cm³/mol. The number of aromatic nitrogens is 5.